The van der Waals surface area contributed by atoms with E-state index < -0.39 is 6.17 Å². The predicted octanol–water partition coefficient (Wildman–Crippen LogP) is 3.33. The molecule has 4 saturated heterocycles. The molecule has 0 saturated carbocycles. The van der Waals surface area contributed by atoms with Crippen LogP contribution in [0.2, 0.25) is 0 Å². The van der Waals surface area contributed by atoms with Gasteiger partial charge in [-0.05, 0) is 62.9 Å². The molecule has 3 unspecified atom stereocenters. The van der Waals surface area contributed by atoms with E-state index in [0.717, 1.165) is 85.8 Å². The van der Waals surface area contributed by atoms with Crippen LogP contribution in [-0.2, 0) is 9.47 Å². The van der Waals surface area contributed by atoms with Crippen LogP contribution in [0.15, 0.2) is 24.4 Å². The van der Waals surface area contributed by atoms with Gasteiger partial charge < -0.3 is 14.4 Å². The van der Waals surface area contributed by atoms with Crippen LogP contribution in [0, 0.1) is 13.8 Å². The standard InChI is InChI=1S/C27H33FN6O2/c1-16-7-18-11-29-34(27-10-26(30-17(2)31-27)33-12-21-8-20(33)15-36-21)25(18)9-23(16)22-3-5-32(13-24(22)28)19-4-6-35-14-19/h7,9-11,19-22,24H,3-6,8,12-15H2,1-2H3/t19?,20-,21-,22?,24?/m0/s1. The first kappa shape index (κ1) is 22.6. The number of piperidine rings is 1. The molecule has 190 valence electrons. The minimum Gasteiger partial charge on any atom is -0.380 e. The summed E-state index contributed by atoms with van der Waals surface area (Å²) in [6, 6.07) is 7.06. The molecule has 36 heavy (non-hydrogen) atoms. The third-order valence-electron chi connectivity index (χ3n) is 8.57. The van der Waals surface area contributed by atoms with Gasteiger partial charge in [0.15, 0.2) is 5.82 Å². The van der Waals surface area contributed by atoms with Gasteiger partial charge in [-0.2, -0.15) is 5.10 Å². The number of benzene rings is 1. The Hall–Kier alpha value is -2.62. The maximum Gasteiger partial charge on any atom is 0.159 e. The second kappa shape index (κ2) is 8.75. The number of hydrogen-bond acceptors (Lipinski definition) is 7. The van der Waals surface area contributed by atoms with Crippen molar-refractivity contribution in [3.8, 4) is 5.82 Å². The van der Waals surface area contributed by atoms with Crippen LogP contribution in [-0.4, -0.2) is 88.5 Å². The first-order chi connectivity index (χ1) is 17.5. The Kier molecular flexibility index (Phi) is 5.48. The number of likely N-dealkylation sites (tertiary alicyclic amines) is 1. The lowest BCUT2D eigenvalue weighted by atomic mass is 9.84. The van der Waals surface area contributed by atoms with Crippen molar-refractivity contribution < 1.29 is 13.9 Å². The van der Waals surface area contributed by atoms with E-state index in [0.29, 0.717) is 30.6 Å². The minimum atomic E-state index is -0.896. The molecule has 8 nitrogen and oxygen atoms in total. The van der Waals surface area contributed by atoms with Gasteiger partial charge in [-0.25, -0.2) is 19.0 Å². The molecular formula is C27H33FN6O2. The fourth-order valence-corrected chi connectivity index (χ4v) is 6.68. The lowest BCUT2D eigenvalue weighted by Crippen LogP contribution is -2.46. The number of aryl methyl sites for hydroxylation is 2. The highest BCUT2D eigenvalue weighted by atomic mass is 19.1. The van der Waals surface area contributed by atoms with Gasteiger partial charge in [0.05, 0.1) is 37.1 Å². The Morgan fingerprint density at radius 1 is 1.00 bits per heavy atom. The number of nitrogens with zero attached hydrogens (tertiary/aromatic N) is 6. The van der Waals surface area contributed by atoms with Crippen LogP contribution in [0.3, 0.4) is 0 Å². The highest BCUT2D eigenvalue weighted by molar-refractivity contribution is 5.82. The molecule has 2 aromatic heterocycles. The summed E-state index contributed by atoms with van der Waals surface area (Å²) < 4.78 is 28.8. The minimum absolute atomic E-state index is 0.112. The molecule has 9 heteroatoms. The van der Waals surface area contributed by atoms with Crippen LogP contribution < -0.4 is 4.90 Å². The molecular weight excluding hydrogens is 459 g/mol. The summed E-state index contributed by atoms with van der Waals surface area (Å²) in [6.45, 7) is 8.55. The second-order valence-electron chi connectivity index (χ2n) is 10.9. The number of aromatic nitrogens is 4. The molecule has 4 aliphatic heterocycles. The lowest BCUT2D eigenvalue weighted by molar-refractivity contribution is 0.0728. The van der Waals surface area contributed by atoms with E-state index in [4.69, 9.17) is 24.5 Å². The highest BCUT2D eigenvalue weighted by Gasteiger charge is 2.40. The summed E-state index contributed by atoms with van der Waals surface area (Å²) in [5, 5.41) is 5.74. The van der Waals surface area contributed by atoms with Crippen molar-refractivity contribution in [2.75, 3.05) is 44.4 Å². The molecule has 2 bridgehead atoms. The van der Waals surface area contributed by atoms with E-state index in [1.807, 2.05) is 23.9 Å². The van der Waals surface area contributed by atoms with E-state index in [9.17, 15) is 0 Å². The van der Waals surface area contributed by atoms with Gasteiger partial charge in [0, 0.05) is 43.1 Å². The molecule has 0 amide bonds. The van der Waals surface area contributed by atoms with E-state index in [1.165, 1.54) is 0 Å². The zero-order valence-electron chi connectivity index (χ0n) is 20.9. The third-order valence-corrected chi connectivity index (χ3v) is 8.57. The number of rotatable bonds is 4. The van der Waals surface area contributed by atoms with Gasteiger partial charge >= 0.3 is 0 Å². The SMILES string of the molecule is Cc1nc(N2C[C@@H]3C[C@H]2CO3)cc(-n2ncc3cc(C)c(C4CCN(C5CCOC5)CC4F)cc32)n1. The molecule has 1 aromatic carbocycles. The molecule has 7 rings (SSSR count). The van der Waals surface area contributed by atoms with E-state index in [-0.39, 0.29) is 5.92 Å². The van der Waals surface area contributed by atoms with Crippen LogP contribution in [0.25, 0.3) is 16.7 Å². The number of morpholine rings is 1. The zero-order chi connectivity index (χ0) is 24.4. The van der Waals surface area contributed by atoms with Crippen LogP contribution in [0.1, 0.15) is 42.1 Å². The molecule has 4 aliphatic rings. The first-order valence-electron chi connectivity index (χ1n) is 13.2. The Bertz CT molecular complexity index is 1290. The van der Waals surface area contributed by atoms with Crippen molar-refractivity contribution in [3.63, 3.8) is 0 Å². The lowest BCUT2D eigenvalue weighted by Gasteiger charge is -2.38. The van der Waals surface area contributed by atoms with Crippen LogP contribution in [0.5, 0.6) is 0 Å². The summed E-state index contributed by atoms with van der Waals surface area (Å²) in [4.78, 5) is 14.1. The van der Waals surface area contributed by atoms with Crippen molar-refractivity contribution >= 4 is 16.7 Å². The van der Waals surface area contributed by atoms with Gasteiger partial charge in [-0.1, -0.05) is 0 Å². The summed E-state index contributed by atoms with van der Waals surface area (Å²) in [7, 11) is 0. The smallest absolute Gasteiger partial charge is 0.159 e. The molecule has 0 radical (unpaired) electrons. The van der Waals surface area contributed by atoms with Gasteiger partial charge in [0.1, 0.15) is 17.8 Å². The number of anilines is 1. The fraction of sp³-hybridized carbons (Fsp3) is 0.593. The quantitative estimate of drug-likeness (QED) is 0.553. The average Bonchev–Trinajstić information content (AvgIpc) is 3.68. The maximum absolute atomic E-state index is 15.6. The summed E-state index contributed by atoms with van der Waals surface area (Å²) in [5.74, 6) is 2.28. The Labute approximate surface area is 210 Å². The van der Waals surface area contributed by atoms with Gasteiger partial charge in [-0.15, -0.1) is 0 Å². The summed E-state index contributed by atoms with van der Waals surface area (Å²) >= 11 is 0. The van der Waals surface area contributed by atoms with Crippen molar-refractivity contribution in [2.45, 2.75) is 63.4 Å². The number of halogens is 1. The molecule has 0 spiro atoms. The number of hydrogen-bond donors (Lipinski definition) is 0. The maximum atomic E-state index is 15.6. The third kappa shape index (κ3) is 3.79. The van der Waals surface area contributed by atoms with Crippen molar-refractivity contribution in [1.82, 2.24) is 24.6 Å². The summed E-state index contributed by atoms with van der Waals surface area (Å²) in [6.07, 6.45) is 4.16. The van der Waals surface area contributed by atoms with E-state index >= 15 is 4.39 Å². The Morgan fingerprint density at radius 3 is 2.64 bits per heavy atom. The van der Waals surface area contributed by atoms with Crippen molar-refractivity contribution in [3.05, 3.63) is 41.3 Å². The van der Waals surface area contributed by atoms with E-state index in [2.05, 4.69) is 28.9 Å². The zero-order valence-corrected chi connectivity index (χ0v) is 20.9. The van der Waals surface area contributed by atoms with Crippen LogP contribution >= 0.6 is 0 Å². The predicted molar refractivity (Wildman–Crippen MR) is 135 cm³/mol. The van der Waals surface area contributed by atoms with Crippen molar-refractivity contribution in [2.24, 2.45) is 0 Å². The molecule has 4 fully saturated rings. The van der Waals surface area contributed by atoms with Crippen molar-refractivity contribution in [1.29, 1.82) is 0 Å². The van der Waals surface area contributed by atoms with Gasteiger partial charge in [0.2, 0.25) is 0 Å². The first-order valence-corrected chi connectivity index (χ1v) is 13.2. The Morgan fingerprint density at radius 2 is 1.89 bits per heavy atom. The normalized spacial score (nSPS) is 30.6. The molecule has 0 N–H and O–H groups in total. The molecule has 5 atom stereocenters. The monoisotopic (exact) mass is 492 g/mol. The summed E-state index contributed by atoms with van der Waals surface area (Å²) in [5.41, 5.74) is 3.17. The number of ether oxygens (including phenoxy) is 2. The molecule has 6 heterocycles. The van der Waals surface area contributed by atoms with Gasteiger partial charge in [-0.3, -0.25) is 4.90 Å². The average molecular weight is 493 g/mol. The molecule has 3 aromatic rings. The second-order valence-corrected chi connectivity index (χ2v) is 10.9. The molecule has 0 aliphatic carbocycles. The van der Waals surface area contributed by atoms with Gasteiger partial charge in [0.25, 0.3) is 0 Å². The largest absolute Gasteiger partial charge is 0.380 e. The Balaban J connectivity index is 1.21. The number of alkyl halides is 1. The highest BCUT2D eigenvalue weighted by Crippen LogP contribution is 2.37. The van der Waals surface area contributed by atoms with Crippen LogP contribution in [0.4, 0.5) is 10.2 Å². The topological polar surface area (TPSA) is 68.5 Å². The number of fused-ring (bicyclic) bond motifs is 3. The fourth-order valence-electron chi connectivity index (χ4n) is 6.68. The van der Waals surface area contributed by atoms with E-state index in [1.54, 1.807) is 0 Å².